The van der Waals surface area contributed by atoms with Gasteiger partial charge in [-0.2, -0.15) is 0 Å². The zero-order valence-corrected chi connectivity index (χ0v) is 23.1. The predicted molar refractivity (Wildman–Crippen MR) is 161 cm³/mol. The average molecular weight is 564 g/mol. The Balaban J connectivity index is 1.25. The smallest absolute Gasteiger partial charge is 0.200 e. The summed E-state index contributed by atoms with van der Waals surface area (Å²) >= 11 is 0. The largest absolute Gasteiger partial charge is 0.504 e. The van der Waals surface area contributed by atoms with Crippen LogP contribution in [0.5, 0.6) is 28.7 Å². The van der Waals surface area contributed by atoms with Crippen molar-refractivity contribution in [2.75, 3.05) is 11.6 Å². The van der Waals surface area contributed by atoms with Crippen molar-refractivity contribution in [1.82, 2.24) is 10.4 Å². The molecule has 0 saturated heterocycles. The molecule has 2 heterocycles. The van der Waals surface area contributed by atoms with E-state index < -0.39 is 17.2 Å². The van der Waals surface area contributed by atoms with E-state index in [1.54, 1.807) is 23.5 Å². The molecule has 0 spiro atoms. The summed E-state index contributed by atoms with van der Waals surface area (Å²) < 4.78 is 5.91. The number of rotatable bonds is 10. The maximum Gasteiger partial charge on any atom is 0.200 e. The van der Waals surface area contributed by atoms with Crippen molar-refractivity contribution in [3.05, 3.63) is 126 Å². The third kappa shape index (κ3) is 7.56. The molecule has 0 fully saturated rings. The van der Waals surface area contributed by atoms with E-state index in [2.05, 4.69) is 22.5 Å². The molecule has 8 heteroatoms. The first-order valence-corrected chi connectivity index (χ1v) is 13.8. The number of nitrogens with one attached hydrogen (secondary N) is 1. The van der Waals surface area contributed by atoms with Gasteiger partial charge in [-0.15, -0.1) is 0 Å². The van der Waals surface area contributed by atoms with E-state index >= 15 is 0 Å². The van der Waals surface area contributed by atoms with E-state index in [1.165, 1.54) is 12.1 Å². The molecule has 4 aromatic rings. The van der Waals surface area contributed by atoms with Crippen LogP contribution in [-0.2, 0) is 17.6 Å². The number of aromatic hydroxyl groups is 3. The van der Waals surface area contributed by atoms with E-state index in [0.717, 1.165) is 34.6 Å². The Bertz CT molecular complexity index is 1530. The Morgan fingerprint density at radius 2 is 1.69 bits per heavy atom. The number of carbonyl (C=O) groups excluding carboxylic acids is 1. The summed E-state index contributed by atoms with van der Waals surface area (Å²) in [6.45, 7) is 0.355. The number of anilines is 1. The van der Waals surface area contributed by atoms with Gasteiger partial charge in [0.05, 0.1) is 5.69 Å². The minimum Gasteiger partial charge on any atom is -0.504 e. The molecule has 0 aliphatic carbocycles. The number of phenols is 3. The number of ether oxygens (including phenoxy) is 1. The van der Waals surface area contributed by atoms with Crippen LogP contribution in [0.4, 0.5) is 5.69 Å². The molecule has 1 aliphatic rings. The molecular weight excluding hydrogens is 530 g/mol. The number of aryl methyl sites for hydroxylation is 1. The van der Waals surface area contributed by atoms with Gasteiger partial charge in [0.15, 0.2) is 23.0 Å². The Hall–Kier alpha value is -5.08. The number of aromatic nitrogens is 1. The van der Waals surface area contributed by atoms with Crippen LogP contribution in [0.1, 0.15) is 24.0 Å². The monoisotopic (exact) mass is 563 g/mol. The summed E-state index contributed by atoms with van der Waals surface area (Å²) in [6.07, 6.45) is 11.6. The molecule has 8 nitrogen and oxygen atoms in total. The lowest BCUT2D eigenvalue weighted by molar-refractivity contribution is -0.118. The standard InChI is InChI=1S/C34H33N3O5/c38-31(27-7-5-17-37(36-23-27)28-20-32(39)34(41)33(40)21-28)19-25(18-26-6-4-16-35-22-26)11-10-24-12-14-30(15-13-24)42-29-8-2-1-3-9-29/h1-6,8-9,12-17,19-22,27,36,39-41H,7,10-11,18,23H2/b25-19-. The predicted octanol–water partition coefficient (Wildman–Crippen LogP) is 6.21. The van der Waals surface area contributed by atoms with Crippen molar-refractivity contribution in [3.63, 3.8) is 0 Å². The summed E-state index contributed by atoms with van der Waals surface area (Å²) in [6, 6.07) is 24.3. The molecule has 0 radical (unpaired) electrons. The van der Waals surface area contributed by atoms with Gasteiger partial charge in [-0.1, -0.05) is 48.0 Å². The molecule has 0 saturated carbocycles. The lowest BCUT2D eigenvalue weighted by atomic mass is 9.93. The zero-order valence-electron chi connectivity index (χ0n) is 23.1. The van der Waals surface area contributed by atoms with Gasteiger partial charge < -0.3 is 20.1 Å². The van der Waals surface area contributed by atoms with Crippen LogP contribution < -0.4 is 15.2 Å². The van der Waals surface area contributed by atoms with Crippen molar-refractivity contribution >= 4 is 11.5 Å². The van der Waals surface area contributed by atoms with E-state index in [0.29, 0.717) is 31.5 Å². The second-order valence-electron chi connectivity index (χ2n) is 10.2. The lowest BCUT2D eigenvalue weighted by Gasteiger charge is -2.22. The number of carbonyl (C=O) groups is 1. The van der Waals surface area contributed by atoms with Crippen LogP contribution in [-0.4, -0.2) is 32.6 Å². The average Bonchev–Trinajstić information content (AvgIpc) is 3.27. The molecule has 0 amide bonds. The molecule has 4 N–H and O–H groups in total. The van der Waals surface area contributed by atoms with Crippen LogP contribution in [0, 0.1) is 5.92 Å². The fourth-order valence-electron chi connectivity index (χ4n) is 4.75. The van der Waals surface area contributed by atoms with Crippen LogP contribution in [0.2, 0.25) is 0 Å². The summed E-state index contributed by atoms with van der Waals surface area (Å²) in [5.41, 5.74) is 6.82. The number of hydrogen-bond donors (Lipinski definition) is 4. The number of hydrogen-bond acceptors (Lipinski definition) is 8. The Morgan fingerprint density at radius 3 is 2.40 bits per heavy atom. The normalized spacial score (nSPS) is 15.3. The van der Waals surface area contributed by atoms with Gasteiger partial charge >= 0.3 is 0 Å². The van der Waals surface area contributed by atoms with Crippen LogP contribution in [0.3, 0.4) is 0 Å². The molecular formula is C34H33N3O5. The highest BCUT2D eigenvalue weighted by molar-refractivity contribution is 5.92. The number of hydrazine groups is 1. The van der Waals surface area contributed by atoms with Gasteiger partial charge in [0.2, 0.25) is 0 Å². The van der Waals surface area contributed by atoms with Gasteiger partial charge in [0.1, 0.15) is 11.5 Å². The number of para-hydroxylation sites is 1. The molecule has 214 valence electrons. The fraction of sp³-hybridized carbons (Fsp3) is 0.176. The Kier molecular flexibility index (Phi) is 9.16. The molecule has 1 aliphatic heterocycles. The second-order valence-corrected chi connectivity index (χ2v) is 10.2. The van der Waals surface area contributed by atoms with E-state index in [1.807, 2.05) is 66.9 Å². The van der Waals surface area contributed by atoms with Crippen molar-refractivity contribution in [2.45, 2.75) is 25.7 Å². The van der Waals surface area contributed by atoms with Gasteiger partial charge in [0, 0.05) is 43.2 Å². The maximum absolute atomic E-state index is 13.5. The zero-order chi connectivity index (χ0) is 29.3. The van der Waals surface area contributed by atoms with Gasteiger partial charge in [-0.25, -0.2) is 5.43 Å². The number of pyridine rings is 1. The van der Waals surface area contributed by atoms with Gasteiger partial charge in [0.25, 0.3) is 0 Å². The van der Waals surface area contributed by atoms with E-state index in [9.17, 15) is 20.1 Å². The molecule has 5 rings (SSSR count). The highest BCUT2D eigenvalue weighted by Crippen LogP contribution is 2.38. The topological polar surface area (TPSA) is 115 Å². The van der Waals surface area contributed by atoms with Crippen molar-refractivity contribution in [3.8, 4) is 28.7 Å². The molecule has 1 unspecified atom stereocenters. The molecule has 1 atom stereocenters. The first-order valence-electron chi connectivity index (χ1n) is 13.8. The van der Waals surface area contributed by atoms with E-state index in [-0.39, 0.29) is 11.7 Å². The van der Waals surface area contributed by atoms with E-state index in [4.69, 9.17) is 4.74 Å². The van der Waals surface area contributed by atoms with Crippen molar-refractivity contribution in [1.29, 1.82) is 0 Å². The minimum atomic E-state index is -0.576. The summed E-state index contributed by atoms with van der Waals surface area (Å²) in [5, 5.41) is 31.0. The summed E-state index contributed by atoms with van der Waals surface area (Å²) in [4.78, 5) is 17.7. The molecule has 0 bridgehead atoms. The van der Waals surface area contributed by atoms with Crippen molar-refractivity contribution < 1.29 is 24.9 Å². The fourth-order valence-corrected chi connectivity index (χ4v) is 4.75. The Morgan fingerprint density at radius 1 is 0.952 bits per heavy atom. The lowest BCUT2D eigenvalue weighted by Crippen LogP contribution is -2.37. The Labute approximate surface area is 244 Å². The number of benzene rings is 3. The molecule has 1 aromatic heterocycles. The summed E-state index contributed by atoms with van der Waals surface area (Å²) in [7, 11) is 0. The number of phenolic OH excluding ortho intramolecular Hbond substituents is 3. The first-order chi connectivity index (χ1) is 20.4. The molecule has 42 heavy (non-hydrogen) atoms. The third-order valence-corrected chi connectivity index (χ3v) is 7.06. The van der Waals surface area contributed by atoms with Gasteiger partial charge in [-0.05, 0) is 73.2 Å². The summed E-state index contributed by atoms with van der Waals surface area (Å²) in [5.74, 6) is -0.160. The number of allylic oxidation sites excluding steroid dienone is 3. The van der Waals surface area contributed by atoms with Crippen molar-refractivity contribution in [2.24, 2.45) is 5.92 Å². The maximum atomic E-state index is 13.5. The number of ketones is 1. The molecule has 3 aromatic carbocycles. The quantitative estimate of drug-likeness (QED) is 0.133. The minimum absolute atomic E-state index is 0.0240. The van der Waals surface area contributed by atoms with Crippen LogP contribution in [0.15, 0.2) is 115 Å². The second kappa shape index (κ2) is 13.5. The van der Waals surface area contributed by atoms with Crippen LogP contribution >= 0.6 is 0 Å². The van der Waals surface area contributed by atoms with Gasteiger partial charge in [-0.3, -0.25) is 14.8 Å². The highest BCUT2D eigenvalue weighted by Gasteiger charge is 2.21. The first kappa shape index (κ1) is 28.4. The SMILES string of the molecule is O=C(/C=C(/CCc1ccc(Oc2ccccc2)cc1)Cc1cccnc1)C1CC=CN(c2cc(O)c(O)c(O)c2)NC1. The van der Waals surface area contributed by atoms with Crippen LogP contribution in [0.25, 0.3) is 0 Å². The highest BCUT2D eigenvalue weighted by atomic mass is 16.5. The number of nitrogens with zero attached hydrogens (tertiary/aromatic N) is 2. The third-order valence-electron chi connectivity index (χ3n) is 7.06.